The Labute approximate surface area is 132 Å². The molecule has 2 aromatic rings. The first-order valence-electron chi connectivity index (χ1n) is 5.68. The van der Waals surface area contributed by atoms with Gasteiger partial charge in [-0.1, -0.05) is 17.7 Å². The Balaban J connectivity index is 2.30. The maximum atomic E-state index is 13.8. The van der Waals surface area contributed by atoms with Crippen LogP contribution in [0.2, 0.25) is 5.02 Å². The van der Waals surface area contributed by atoms with Crippen LogP contribution in [-0.2, 0) is 0 Å². The van der Waals surface area contributed by atoms with Crippen molar-refractivity contribution in [2.75, 3.05) is 5.32 Å². The van der Waals surface area contributed by atoms with Gasteiger partial charge < -0.3 is 10.4 Å². The number of carbonyl (C=O) groups is 2. The van der Waals surface area contributed by atoms with Crippen molar-refractivity contribution in [2.24, 2.45) is 0 Å². The molecule has 0 saturated heterocycles. The highest BCUT2D eigenvalue weighted by atomic mass is 79.9. The maximum absolute atomic E-state index is 13.8. The molecule has 4 nitrogen and oxygen atoms in total. The van der Waals surface area contributed by atoms with Gasteiger partial charge in [-0.05, 0) is 46.3 Å². The minimum Gasteiger partial charge on any atom is -0.478 e. The molecule has 2 N–H and O–H groups in total. The van der Waals surface area contributed by atoms with Crippen molar-refractivity contribution in [2.45, 2.75) is 0 Å². The van der Waals surface area contributed by atoms with Crippen molar-refractivity contribution in [3.05, 3.63) is 62.8 Å². The summed E-state index contributed by atoms with van der Waals surface area (Å²) >= 11 is 8.72. The second-order valence-electron chi connectivity index (χ2n) is 4.06. The zero-order valence-electron chi connectivity index (χ0n) is 10.4. The normalized spacial score (nSPS) is 10.2. The molecule has 21 heavy (non-hydrogen) atoms. The number of halogens is 3. The largest absolute Gasteiger partial charge is 0.478 e. The van der Waals surface area contributed by atoms with Crippen LogP contribution < -0.4 is 5.32 Å². The summed E-state index contributed by atoms with van der Waals surface area (Å²) in [5, 5.41) is 11.4. The van der Waals surface area contributed by atoms with Crippen LogP contribution in [-0.4, -0.2) is 17.0 Å². The number of rotatable bonds is 3. The van der Waals surface area contributed by atoms with Gasteiger partial charge in [0, 0.05) is 5.69 Å². The van der Waals surface area contributed by atoms with Crippen molar-refractivity contribution in [1.29, 1.82) is 0 Å². The molecule has 0 heterocycles. The van der Waals surface area contributed by atoms with E-state index in [-0.39, 0.29) is 26.3 Å². The molecule has 0 saturated carbocycles. The van der Waals surface area contributed by atoms with E-state index < -0.39 is 17.7 Å². The lowest BCUT2D eigenvalue weighted by Gasteiger charge is -2.08. The number of anilines is 1. The number of carboxylic acids is 1. The van der Waals surface area contributed by atoms with E-state index in [0.29, 0.717) is 0 Å². The lowest BCUT2D eigenvalue weighted by atomic mass is 10.1. The summed E-state index contributed by atoms with van der Waals surface area (Å²) in [6.45, 7) is 0. The van der Waals surface area contributed by atoms with Gasteiger partial charge in [-0.25, -0.2) is 9.18 Å². The Bertz CT molecular complexity index is 736. The van der Waals surface area contributed by atoms with Gasteiger partial charge in [0.1, 0.15) is 5.82 Å². The van der Waals surface area contributed by atoms with E-state index in [1.54, 1.807) is 0 Å². The number of aromatic carboxylic acids is 1. The Hall–Kier alpha value is -1.92. The minimum atomic E-state index is -1.22. The summed E-state index contributed by atoms with van der Waals surface area (Å²) in [6.07, 6.45) is 0. The molecule has 2 rings (SSSR count). The third kappa shape index (κ3) is 3.40. The molecule has 7 heteroatoms. The molecule has 0 bridgehead atoms. The molecule has 0 radical (unpaired) electrons. The van der Waals surface area contributed by atoms with E-state index in [4.69, 9.17) is 16.7 Å². The van der Waals surface area contributed by atoms with Gasteiger partial charge in [-0.15, -0.1) is 0 Å². The topological polar surface area (TPSA) is 66.4 Å². The van der Waals surface area contributed by atoms with Crippen molar-refractivity contribution in [3.8, 4) is 0 Å². The Morgan fingerprint density at radius 2 is 1.90 bits per heavy atom. The zero-order valence-corrected chi connectivity index (χ0v) is 12.7. The van der Waals surface area contributed by atoms with Crippen LogP contribution in [0.3, 0.4) is 0 Å². The van der Waals surface area contributed by atoms with Crippen molar-refractivity contribution in [3.63, 3.8) is 0 Å². The molecule has 0 unspecified atom stereocenters. The quantitative estimate of drug-likeness (QED) is 0.849. The molecule has 0 aliphatic heterocycles. The summed E-state index contributed by atoms with van der Waals surface area (Å²) in [4.78, 5) is 23.0. The number of nitrogens with one attached hydrogen (secondary N) is 1. The van der Waals surface area contributed by atoms with E-state index in [0.717, 1.165) is 0 Å². The molecular formula is C14H8BrClFNO3. The van der Waals surface area contributed by atoms with Crippen LogP contribution in [0.4, 0.5) is 10.1 Å². The molecule has 1 amide bonds. The Morgan fingerprint density at radius 1 is 1.19 bits per heavy atom. The van der Waals surface area contributed by atoms with Crippen LogP contribution in [0.5, 0.6) is 0 Å². The fraction of sp³-hybridized carbons (Fsp3) is 0. The van der Waals surface area contributed by atoms with Gasteiger partial charge in [0.15, 0.2) is 0 Å². The van der Waals surface area contributed by atoms with Gasteiger partial charge in [0.25, 0.3) is 5.91 Å². The van der Waals surface area contributed by atoms with Crippen LogP contribution in [0.15, 0.2) is 40.9 Å². The molecule has 0 aromatic heterocycles. The van der Waals surface area contributed by atoms with E-state index in [9.17, 15) is 14.0 Å². The van der Waals surface area contributed by atoms with Gasteiger partial charge in [-0.3, -0.25) is 4.79 Å². The Kier molecular flexibility index (Phi) is 4.59. The first kappa shape index (κ1) is 15.5. The molecule has 2 aromatic carbocycles. The number of amides is 1. The second-order valence-corrected chi connectivity index (χ2v) is 5.32. The van der Waals surface area contributed by atoms with Crippen LogP contribution in [0, 0.1) is 5.82 Å². The lowest BCUT2D eigenvalue weighted by Crippen LogP contribution is -2.14. The Morgan fingerprint density at radius 3 is 2.57 bits per heavy atom. The lowest BCUT2D eigenvalue weighted by molar-refractivity contribution is 0.0696. The highest BCUT2D eigenvalue weighted by molar-refractivity contribution is 9.10. The average molecular weight is 373 g/mol. The van der Waals surface area contributed by atoms with E-state index in [1.807, 2.05) is 0 Å². The van der Waals surface area contributed by atoms with Crippen molar-refractivity contribution < 1.29 is 19.1 Å². The number of hydrogen-bond acceptors (Lipinski definition) is 2. The van der Waals surface area contributed by atoms with E-state index in [1.165, 1.54) is 36.4 Å². The first-order valence-corrected chi connectivity index (χ1v) is 6.85. The summed E-state index contributed by atoms with van der Waals surface area (Å²) in [7, 11) is 0. The zero-order chi connectivity index (χ0) is 15.6. The molecule has 108 valence electrons. The number of carbonyl (C=O) groups excluding carboxylic acids is 1. The first-order chi connectivity index (χ1) is 9.90. The van der Waals surface area contributed by atoms with Gasteiger partial charge in [-0.2, -0.15) is 0 Å². The molecule has 0 spiro atoms. The molecule has 0 aliphatic rings. The molecular weight excluding hydrogens is 365 g/mol. The van der Waals surface area contributed by atoms with Crippen LogP contribution >= 0.6 is 27.5 Å². The molecule has 0 atom stereocenters. The van der Waals surface area contributed by atoms with E-state index >= 15 is 0 Å². The smallest absolute Gasteiger partial charge is 0.337 e. The average Bonchev–Trinajstić information content (AvgIpc) is 2.43. The van der Waals surface area contributed by atoms with Crippen LogP contribution in [0.25, 0.3) is 0 Å². The standard InChI is InChI=1S/C14H8BrClFNO3/c15-10-3-1-2-8(12(10)17)13(19)18-7-4-5-11(16)9(6-7)14(20)21/h1-6H,(H,18,19)(H,20,21). The summed E-state index contributed by atoms with van der Waals surface area (Å²) in [6, 6.07) is 8.30. The third-order valence-corrected chi connectivity index (χ3v) is 3.59. The maximum Gasteiger partial charge on any atom is 0.337 e. The fourth-order valence-corrected chi connectivity index (χ4v) is 2.21. The fourth-order valence-electron chi connectivity index (χ4n) is 1.64. The van der Waals surface area contributed by atoms with Crippen LogP contribution in [0.1, 0.15) is 20.7 Å². The van der Waals surface area contributed by atoms with E-state index in [2.05, 4.69) is 21.2 Å². The molecule has 0 aliphatic carbocycles. The SMILES string of the molecule is O=C(O)c1cc(NC(=O)c2cccc(Br)c2F)ccc1Cl. The van der Waals surface area contributed by atoms with Crippen molar-refractivity contribution in [1.82, 2.24) is 0 Å². The van der Waals surface area contributed by atoms with Gasteiger partial charge in [0.2, 0.25) is 0 Å². The minimum absolute atomic E-state index is 0.0501. The second kappa shape index (κ2) is 6.24. The predicted molar refractivity (Wildman–Crippen MR) is 80.5 cm³/mol. The summed E-state index contributed by atoms with van der Waals surface area (Å²) in [5.41, 5.74) is -0.0958. The van der Waals surface area contributed by atoms with Gasteiger partial charge in [0.05, 0.1) is 20.6 Å². The van der Waals surface area contributed by atoms with Crippen molar-refractivity contribution >= 4 is 45.1 Å². The third-order valence-electron chi connectivity index (χ3n) is 2.65. The number of hydrogen-bond donors (Lipinski definition) is 2. The van der Waals surface area contributed by atoms with Gasteiger partial charge >= 0.3 is 5.97 Å². The number of benzene rings is 2. The predicted octanol–water partition coefficient (Wildman–Crippen LogP) is 4.19. The summed E-state index contributed by atoms with van der Waals surface area (Å²) < 4.78 is 14.0. The number of carboxylic acid groups (broad SMARTS) is 1. The monoisotopic (exact) mass is 371 g/mol. The highest BCUT2D eigenvalue weighted by Gasteiger charge is 2.15. The summed E-state index contributed by atoms with van der Waals surface area (Å²) in [5.74, 6) is -2.60. The highest BCUT2D eigenvalue weighted by Crippen LogP contribution is 2.23. The molecule has 0 fully saturated rings.